The number of rotatable bonds is 8. The van der Waals surface area contributed by atoms with E-state index in [2.05, 4.69) is 17.4 Å². The molecule has 1 aromatic carbocycles. The van der Waals surface area contributed by atoms with Crippen LogP contribution in [0.1, 0.15) is 44.6 Å². The van der Waals surface area contributed by atoms with Crippen LogP contribution in [0, 0.1) is 0 Å². The number of carbonyl (C=O) groups is 1. The number of hydrogen-bond acceptors (Lipinski definition) is 4. The highest BCUT2D eigenvalue weighted by atomic mass is 16.5. The van der Waals surface area contributed by atoms with Crippen LogP contribution in [0.3, 0.4) is 0 Å². The van der Waals surface area contributed by atoms with Gasteiger partial charge in [0.25, 0.3) is 0 Å². The quantitative estimate of drug-likeness (QED) is 0.692. The fourth-order valence-electron chi connectivity index (χ4n) is 4.00. The van der Waals surface area contributed by atoms with E-state index in [9.17, 15) is 4.79 Å². The first-order valence-corrected chi connectivity index (χ1v) is 10.6. The number of nitrogens with one attached hydrogen (secondary N) is 1. The van der Waals surface area contributed by atoms with Crippen molar-refractivity contribution in [2.45, 2.75) is 57.3 Å². The Kier molecular flexibility index (Phi) is 8.13. The third-order valence-corrected chi connectivity index (χ3v) is 5.68. The number of ether oxygens (including phenoxy) is 3. The number of piperidine rings is 1. The normalized spacial score (nSPS) is 21.6. The van der Waals surface area contributed by atoms with Gasteiger partial charge in [0.05, 0.1) is 18.3 Å². The molecule has 2 fully saturated rings. The second-order valence-corrected chi connectivity index (χ2v) is 7.71. The van der Waals surface area contributed by atoms with Crippen molar-refractivity contribution in [3.63, 3.8) is 0 Å². The molecule has 0 aliphatic carbocycles. The van der Waals surface area contributed by atoms with Crippen LogP contribution in [0.15, 0.2) is 30.3 Å². The highest BCUT2D eigenvalue weighted by Crippen LogP contribution is 2.36. The fraction of sp³-hybridized carbons (Fsp3) is 0.682. The third-order valence-electron chi connectivity index (χ3n) is 5.68. The first-order valence-electron chi connectivity index (χ1n) is 10.6. The zero-order valence-electron chi connectivity index (χ0n) is 17.0. The largest absolute Gasteiger partial charge is 0.382 e. The van der Waals surface area contributed by atoms with E-state index in [0.29, 0.717) is 19.8 Å². The Bertz CT molecular complexity index is 587. The maximum absolute atomic E-state index is 12.3. The van der Waals surface area contributed by atoms with Crippen molar-refractivity contribution in [2.75, 3.05) is 39.5 Å². The summed E-state index contributed by atoms with van der Waals surface area (Å²) in [5.41, 5.74) is 1.07. The van der Waals surface area contributed by atoms with Crippen molar-refractivity contribution in [3.05, 3.63) is 35.9 Å². The second-order valence-electron chi connectivity index (χ2n) is 7.71. The minimum atomic E-state index is -0.134. The average Bonchev–Trinajstić information content (AvgIpc) is 2.73. The summed E-state index contributed by atoms with van der Waals surface area (Å²) in [5, 5.41) is 2.99. The van der Waals surface area contributed by atoms with Gasteiger partial charge in [0.2, 0.25) is 0 Å². The lowest BCUT2D eigenvalue weighted by atomic mass is 9.83. The van der Waals surface area contributed by atoms with Crippen LogP contribution in [0.5, 0.6) is 0 Å². The van der Waals surface area contributed by atoms with Crippen LogP contribution >= 0.6 is 0 Å². The summed E-state index contributed by atoms with van der Waals surface area (Å²) < 4.78 is 17.7. The maximum atomic E-state index is 12.3. The molecule has 28 heavy (non-hydrogen) atoms. The SMILES string of the molecule is CCOCCCNC(=O)N1CCC2(CC1)CC(OCc1ccccc1)CCO2. The first-order chi connectivity index (χ1) is 13.7. The summed E-state index contributed by atoms with van der Waals surface area (Å²) >= 11 is 0. The van der Waals surface area contributed by atoms with E-state index < -0.39 is 0 Å². The number of urea groups is 1. The van der Waals surface area contributed by atoms with Gasteiger partial charge in [-0.25, -0.2) is 4.79 Å². The Labute approximate surface area is 168 Å². The van der Waals surface area contributed by atoms with Gasteiger partial charge in [0.1, 0.15) is 0 Å². The zero-order chi connectivity index (χ0) is 19.7. The summed E-state index contributed by atoms with van der Waals surface area (Å²) in [4.78, 5) is 14.2. The Morgan fingerprint density at radius 3 is 2.82 bits per heavy atom. The van der Waals surface area contributed by atoms with Crippen LogP contribution in [0.4, 0.5) is 4.79 Å². The molecule has 1 spiro atoms. The molecule has 0 radical (unpaired) electrons. The number of benzene rings is 1. The van der Waals surface area contributed by atoms with Crippen molar-refractivity contribution in [1.82, 2.24) is 10.2 Å². The Morgan fingerprint density at radius 1 is 1.29 bits per heavy atom. The topological polar surface area (TPSA) is 60.0 Å². The fourth-order valence-corrected chi connectivity index (χ4v) is 4.00. The molecule has 156 valence electrons. The summed E-state index contributed by atoms with van der Waals surface area (Å²) in [6, 6.07) is 10.3. The summed E-state index contributed by atoms with van der Waals surface area (Å²) in [6.45, 7) is 6.92. The molecule has 2 amide bonds. The minimum absolute atomic E-state index is 0.0269. The van der Waals surface area contributed by atoms with E-state index in [1.54, 1.807) is 0 Å². The number of nitrogens with zero attached hydrogens (tertiary/aromatic N) is 1. The van der Waals surface area contributed by atoms with Crippen molar-refractivity contribution in [1.29, 1.82) is 0 Å². The van der Waals surface area contributed by atoms with E-state index in [0.717, 1.165) is 58.4 Å². The molecule has 1 N–H and O–H groups in total. The molecule has 2 heterocycles. The van der Waals surface area contributed by atoms with Crippen LogP contribution in [0.25, 0.3) is 0 Å². The Morgan fingerprint density at radius 2 is 2.07 bits per heavy atom. The van der Waals surface area contributed by atoms with Gasteiger partial charge in [0, 0.05) is 45.9 Å². The molecule has 0 saturated carbocycles. The molecule has 0 bridgehead atoms. The number of likely N-dealkylation sites (tertiary alicyclic amines) is 1. The van der Waals surface area contributed by atoms with Gasteiger partial charge in [-0.2, -0.15) is 0 Å². The molecule has 2 aliphatic heterocycles. The van der Waals surface area contributed by atoms with E-state index in [4.69, 9.17) is 14.2 Å². The zero-order valence-corrected chi connectivity index (χ0v) is 17.0. The van der Waals surface area contributed by atoms with Gasteiger partial charge in [-0.05, 0) is 38.2 Å². The molecule has 2 aliphatic rings. The number of hydrogen-bond donors (Lipinski definition) is 1. The van der Waals surface area contributed by atoms with E-state index in [1.807, 2.05) is 30.0 Å². The van der Waals surface area contributed by atoms with Gasteiger partial charge >= 0.3 is 6.03 Å². The van der Waals surface area contributed by atoms with Crippen LogP contribution in [0.2, 0.25) is 0 Å². The Hall–Kier alpha value is -1.63. The number of amides is 2. The summed E-state index contributed by atoms with van der Waals surface area (Å²) in [7, 11) is 0. The molecular weight excluding hydrogens is 356 g/mol. The van der Waals surface area contributed by atoms with Crippen molar-refractivity contribution in [2.24, 2.45) is 0 Å². The first kappa shape index (κ1) is 21.1. The van der Waals surface area contributed by atoms with E-state index >= 15 is 0 Å². The van der Waals surface area contributed by atoms with Crippen LogP contribution < -0.4 is 5.32 Å². The lowest BCUT2D eigenvalue weighted by Crippen LogP contribution is -2.53. The lowest BCUT2D eigenvalue weighted by molar-refractivity contribution is -0.154. The summed E-state index contributed by atoms with van der Waals surface area (Å²) in [5.74, 6) is 0. The standard InChI is InChI=1S/C22H34N2O4/c1-2-26-15-6-12-23-21(25)24-13-10-22(11-14-24)17-20(9-16-28-22)27-18-19-7-4-3-5-8-19/h3-5,7-8,20H,2,6,9-18H2,1H3,(H,23,25). The van der Waals surface area contributed by atoms with Gasteiger partial charge in [-0.3, -0.25) is 0 Å². The second kappa shape index (κ2) is 10.8. The van der Waals surface area contributed by atoms with Crippen LogP contribution in [-0.2, 0) is 20.8 Å². The molecular formula is C22H34N2O4. The molecule has 6 heteroatoms. The highest BCUT2D eigenvalue weighted by Gasteiger charge is 2.41. The average molecular weight is 391 g/mol. The molecule has 3 rings (SSSR count). The molecule has 1 atom stereocenters. The van der Waals surface area contributed by atoms with Crippen molar-refractivity contribution >= 4 is 6.03 Å². The van der Waals surface area contributed by atoms with E-state index in [1.165, 1.54) is 5.56 Å². The lowest BCUT2D eigenvalue weighted by Gasteiger charge is -2.46. The highest BCUT2D eigenvalue weighted by molar-refractivity contribution is 5.74. The monoisotopic (exact) mass is 390 g/mol. The van der Waals surface area contributed by atoms with Crippen molar-refractivity contribution in [3.8, 4) is 0 Å². The third kappa shape index (κ3) is 6.19. The molecule has 1 aromatic rings. The molecule has 0 aromatic heterocycles. The minimum Gasteiger partial charge on any atom is -0.382 e. The van der Waals surface area contributed by atoms with Crippen molar-refractivity contribution < 1.29 is 19.0 Å². The van der Waals surface area contributed by atoms with E-state index in [-0.39, 0.29) is 17.7 Å². The number of carbonyl (C=O) groups excluding carboxylic acids is 1. The Balaban J connectivity index is 1.39. The maximum Gasteiger partial charge on any atom is 0.317 e. The molecule has 1 unspecified atom stereocenters. The van der Waals surface area contributed by atoms with Gasteiger partial charge in [0.15, 0.2) is 0 Å². The van der Waals surface area contributed by atoms with Gasteiger partial charge < -0.3 is 24.4 Å². The van der Waals surface area contributed by atoms with Gasteiger partial charge in [-0.15, -0.1) is 0 Å². The summed E-state index contributed by atoms with van der Waals surface area (Å²) in [6.07, 6.45) is 4.70. The predicted molar refractivity (Wildman–Crippen MR) is 108 cm³/mol. The predicted octanol–water partition coefficient (Wildman–Crippen LogP) is 3.35. The smallest absolute Gasteiger partial charge is 0.317 e. The van der Waals surface area contributed by atoms with Crippen LogP contribution in [-0.4, -0.2) is 62.1 Å². The molecule has 2 saturated heterocycles. The van der Waals surface area contributed by atoms with Gasteiger partial charge in [-0.1, -0.05) is 30.3 Å². The molecule has 6 nitrogen and oxygen atoms in total.